The minimum atomic E-state index is -2.23. The summed E-state index contributed by atoms with van der Waals surface area (Å²) >= 11 is 0. The van der Waals surface area contributed by atoms with E-state index in [0.29, 0.717) is 17.4 Å². The van der Waals surface area contributed by atoms with Gasteiger partial charge in [-0.3, -0.25) is 4.78 Å². The maximum Gasteiger partial charge on any atom is 0.0443 e. The number of rotatable bonds is 4. The van der Waals surface area contributed by atoms with E-state index in [4.69, 9.17) is 4.78 Å². The Morgan fingerprint density at radius 3 is 2.30 bits per heavy atom. The fraction of sp³-hybridized carbons (Fsp3) is 1.00. The molecule has 0 aromatic rings. The zero-order valence-electron chi connectivity index (χ0n) is 7.02. The van der Waals surface area contributed by atoms with Crippen molar-refractivity contribution in [1.82, 2.24) is 0 Å². The van der Waals surface area contributed by atoms with Gasteiger partial charge in [0.1, 0.15) is 0 Å². The van der Waals surface area contributed by atoms with Crippen LogP contribution in [0.4, 0.5) is 0 Å². The predicted molar refractivity (Wildman–Crippen MR) is 45.7 cm³/mol. The molecule has 0 aliphatic rings. The van der Waals surface area contributed by atoms with E-state index in [1.807, 2.05) is 20.8 Å². The molecule has 0 aliphatic carbocycles. The Hall–Kier alpha value is -0.0500. The van der Waals surface area contributed by atoms with Crippen molar-refractivity contribution < 1.29 is 4.21 Å². The minimum absolute atomic E-state index is 0.386. The SMILES string of the molecule is CCC[S@](=N)(=O)CC(C)C. The summed E-state index contributed by atoms with van der Waals surface area (Å²) in [7, 11) is -2.23. The Balaban J connectivity index is 3.89. The summed E-state index contributed by atoms with van der Waals surface area (Å²) in [4.78, 5) is 0. The Bertz CT molecular complexity index is 170. The summed E-state index contributed by atoms with van der Waals surface area (Å²) in [6.07, 6.45) is 0.856. The van der Waals surface area contributed by atoms with Gasteiger partial charge < -0.3 is 0 Å². The normalized spacial score (nSPS) is 17.2. The molecule has 2 nitrogen and oxygen atoms in total. The van der Waals surface area contributed by atoms with E-state index in [0.717, 1.165) is 6.42 Å². The highest BCUT2D eigenvalue weighted by molar-refractivity contribution is 7.92. The molecule has 1 N–H and O–H groups in total. The van der Waals surface area contributed by atoms with E-state index in [1.54, 1.807) is 0 Å². The van der Waals surface area contributed by atoms with Crippen molar-refractivity contribution in [3.63, 3.8) is 0 Å². The lowest BCUT2D eigenvalue weighted by Crippen LogP contribution is -2.13. The van der Waals surface area contributed by atoms with Crippen LogP contribution in [0.2, 0.25) is 0 Å². The average Bonchev–Trinajstić information content (AvgIpc) is 1.59. The Morgan fingerprint density at radius 1 is 1.50 bits per heavy atom. The molecule has 0 fully saturated rings. The molecule has 0 amide bonds. The smallest absolute Gasteiger partial charge is 0.0443 e. The highest BCUT2D eigenvalue weighted by atomic mass is 32.2. The van der Waals surface area contributed by atoms with Gasteiger partial charge >= 0.3 is 0 Å². The molecule has 0 radical (unpaired) electrons. The third-order valence-electron chi connectivity index (χ3n) is 1.14. The quantitative estimate of drug-likeness (QED) is 0.677. The van der Waals surface area contributed by atoms with Gasteiger partial charge in [-0.1, -0.05) is 20.8 Å². The molecule has 0 heterocycles. The largest absolute Gasteiger partial charge is 0.253 e. The van der Waals surface area contributed by atoms with E-state index >= 15 is 0 Å². The van der Waals surface area contributed by atoms with E-state index in [2.05, 4.69) is 0 Å². The van der Waals surface area contributed by atoms with Crippen LogP contribution in [0.3, 0.4) is 0 Å². The van der Waals surface area contributed by atoms with Crippen LogP contribution >= 0.6 is 0 Å². The van der Waals surface area contributed by atoms with Crippen LogP contribution in [-0.4, -0.2) is 15.7 Å². The van der Waals surface area contributed by atoms with E-state index < -0.39 is 9.73 Å². The van der Waals surface area contributed by atoms with Crippen LogP contribution < -0.4 is 0 Å². The van der Waals surface area contributed by atoms with Gasteiger partial charge in [0.15, 0.2) is 0 Å². The molecule has 62 valence electrons. The molecule has 0 aromatic carbocycles. The standard InChI is InChI=1S/C7H17NOS/c1-4-5-10(8,9)6-7(2)3/h7-8H,4-6H2,1-3H3/t10-/m0/s1. The predicted octanol–water partition coefficient (Wildman–Crippen LogP) is 2.10. The van der Waals surface area contributed by atoms with Gasteiger partial charge in [0.2, 0.25) is 0 Å². The van der Waals surface area contributed by atoms with Crippen LogP contribution in [0.25, 0.3) is 0 Å². The first-order valence-corrected chi connectivity index (χ1v) is 5.61. The molecule has 0 spiro atoms. The average molecular weight is 163 g/mol. The fourth-order valence-corrected chi connectivity index (χ4v) is 2.85. The van der Waals surface area contributed by atoms with Gasteiger partial charge in [-0.05, 0) is 12.3 Å². The van der Waals surface area contributed by atoms with Crippen LogP contribution in [0, 0.1) is 10.7 Å². The number of nitrogens with one attached hydrogen (secondary N) is 1. The van der Waals surface area contributed by atoms with Crippen molar-refractivity contribution in [2.45, 2.75) is 27.2 Å². The van der Waals surface area contributed by atoms with Gasteiger partial charge in [-0.15, -0.1) is 0 Å². The first-order chi connectivity index (χ1) is 4.48. The van der Waals surface area contributed by atoms with Crippen LogP contribution in [0.5, 0.6) is 0 Å². The van der Waals surface area contributed by atoms with Gasteiger partial charge in [-0.2, -0.15) is 0 Å². The summed E-state index contributed by atoms with van der Waals surface area (Å²) in [5.74, 6) is 1.50. The third-order valence-corrected chi connectivity index (χ3v) is 3.41. The second-order valence-corrected chi connectivity index (χ2v) is 5.44. The molecular weight excluding hydrogens is 146 g/mol. The molecule has 0 rings (SSSR count). The van der Waals surface area contributed by atoms with Crippen molar-refractivity contribution in [2.75, 3.05) is 11.5 Å². The Labute approximate surface area is 64.0 Å². The summed E-state index contributed by atoms with van der Waals surface area (Å²) in [6.45, 7) is 5.97. The lowest BCUT2D eigenvalue weighted by atomic mass is 10.3. The Kier molecular flexibility index (Phi) is 3.94. The zero-order valence-corrected chi connectivity index (χ0v) is 7.83. The first kappa shape index (κ1) is 9.95. The molecule has 0 aromatic heterocycles. The van der Waals surface area contributed by atoms with Crippen molar-refractivity contribution in [1.29, 1.82) is 4.78 Å². The topological polar surface area (TPSA) is 40.9 Å². The number of hydrogen-bond donors (Lipinski definition) is 1. The van der Waals surface area contributed by atoms with Crippen molar-refractivity contribution >= 4 is 9.73 Å². The summed E-state index contributed by atoms with van der Waals surface area (Å²) in [6, 6.07) is 0. The van der Waals surface area contributed by atoms with E-state index in [1.165, 1.54) is 0 Å². The van der Waals surface area contributed by atoms with Crippen molar-refractivity contribution in [2.24, 2.45) is 5.92 Å². The first-order valence-electron chi connectivity index (χ1n) is 3.72. The molecule has 0 saturated carbocycles. The minimum Gasteiger partial charge on any atom is -0.253 e. The molecule has 10 heavy (non-hydrogen) atoms. The summed E-state index contributed by atoms with van der Waals surface area (Å²) < 4.78 is 18.6. The van der Waals surface area contributed by atoms with Crippen LogP contribution in [0.15, 0.2) is 0 Å². The van der Waals surface area contributed by atoms with Crippen LogP contribution in [0.1, 0.15) is 27.2 Å². The van der Waals surface area contributed by atoms with Crippen molar-refractivity contribution in [3.05, 3.63) is 0 Å². The van der Waals surface area contributed by atoms with Crippen molar-refractivity contribution in [3.8, 4) is 0 Å². The third kappa shape index (κ3) is 4.79. The summed E-state index contributed by atoms with van der Waals surface area (Å²) in [5, 5.41) is 0. The number of hydrogen-bond acceptors (Lipinski definition) is 2. The molecule has 3 heteroatoms. The molecule has 0 bridgehead atoms. The maximum atomic E-state index is 11.3. The second-order valence-electron chi connectivity index (χ2n) is 3.08. The highest BCUT2D eigenvalue weighted by Crippen LogP contribution is 2.02. The Morgan fingerprint density at radius 2 is 2.00 bits per heavy atom. The summed E-state index contributed by atoms with van der Waals surface area (Å²) in [5.41, 5.74) is 0. The monoisotopic (exact) mass is 163 g/mol. The zero-order chi connectivity index (χ0) is 8.20. The molecule has 0 unspecified atom stereocenters. The van der Waals surface area contributed by atoms with E-state index in [9.17, 15) is 4.21 Å². The molecular formula is C7H17NOS. The lowest BCUT2D eigenvalue weighted by Gasteiger charge is -2.07. The van der Waals surface area contributed by atoms with Gasteiger partial charge in [0.25, 0.3) is 0 Å². The molecule has 0 saturated heterocycles. The van der Waals surface area contributed by atoms with Gasteiger partial charge in [0.05, 0.1) is 0 Å². The maximum absolute atomic E-state index is 11.3. The van der Waals surface area contributed by atoms with Crippen LogP contribution in [-0.2, 0) is 9.73 Å². The fourth-order valence-electron chi connectivity index (χ4n) is 0.952. The van der Waals surface area contributed by atoms with Gasteiger partial charge in [-0.25, -0.2) is 4.21 Å². The molecule has 1 atom stereocenters. The van der Waals surface area contributed by atoms with E-state index in [-0.39, 0.29) is 0 Å². The molecule has 0 aliphatic heterocycles. The second kappa shape index (κ2) is 3.96. The highest BCUT2D eigenvalue weighted by Gasteiger charge is 2.06. The lowest BCUT2D eigenvalue weighted by molar-refractivity contribution is 0.654. The van der Waals surface area contributed by atoms with Gasteiger partial charge in [0, 0.05) is 21.2 Å².